The molecule has 0 saturated carbocycles. The van der Waals surface area contributed by atoms with Gasteiger partial charge in [0.05, 0.1) is 0 Å². The van der Waals surface area contributed by atoms with Crippen LogP contribution in [0.4, 0.5) is 0 Å². The summed E-state index contributed by atoms with van der Waals surface area (Å²) in [4.78, 5) is 0. The van der Waals surface area contributed by atoms with E-state index in [1.54, 1.807) is 0 Å². The zero-order chi connectivity index (χ0) is 32.1. The SMILES string of the molecule is O=P(c1ccc(-c2ccccc2)cc1)(c1ccc(-c2cc3ccccc3c3ccccc23)cc1)c1cc2ccccc2c2ccccc12. The third kappa shape index (κ3) is 4.59. The Hall–Kier alpha value is -5.75. The fourth-order valence-electron chi connectivity index (χ4n) is 7.36. The monoisotopic (exact) mass is 630 g/mol. The standard InChI is InChI=1S/C46H31OP/c47-48(37-26-22-33(23-27-37)32-12-2-1-3-13-32,46-31-36-15-5-7-17-40(36)42-19-10-11-21-44(42)46)38-28-24-34(25-29-38)45-30-35-14-4-6-16-39(35)41-18-8-9-20-43(41)45/h1-31H. The lowest BCUT2D eigenvalue weighted by atomic mass is 9.93. The highest BCUT2D eigenvalue weighted by atomic mass is 31.2. The van der Waals surface area contributed by atoms with Gasteiger partial charge in [-0.25, -0.2) is 0 Å². The van der Waals surface area contributed by atoms with E-state index in [9.17, 15) is 0 Å². The van der Waals surface area contributed by atoms with Gasteiger partial charge in [-0.05, 0) is 77.5 Å². The van der Waals surface area contributed by atoms with Crippen molar-refractivity contribution in [3.8, 4) is 22.3 Å². The minimum atomic E-state index is -3.34. The first kappa shape index (κ1) is 28.5. The lowest BCUT2D eigenvalue weighted by Crippen LogP contribution is -2.25. The van der Waals surface area contributed by atoms with Crippen molar-refractivity contribution in [2.75, 3.05) is 0 Å². The Balaban J connectivity index is 1.26. The summed E-state index contributed by atoms with van der Waals surface area (Å²) < 4.78 is 16.2. The predicted molar refractivity (Wildman–Crippen MR) is 207 cm³/mol. The maximum Gasteiger partial charge on any atom is 0.171 e. The molecule has 0 saturated heterocycles. The fraction of sp³-hybridized carbons (Fsp3) is 0. The highest BCUT2D eigenvalue weighted by Gasteiger charge is 2.32. The lowest BCUT2D eigenvalue weighted by molar-refractivity contribution is 0.592. The highest BCUT2D eigenvalue weighted by molar-refractivity contribution is 7.85. The van der Waals surface area contributed by atoms with Gasteiger partial charge in [-0.15, -0.1) is 0 Å². The van der Waals surface area contributed by atoms with Crippen LogP contribution in [0.5, 0.6) is 0 Å². The van der Waals surface area contributed by atoms with Crippen molar-refractivity contribution in [2.24, 2.45) is 0 Å². The molecule has 0 amide bonds. The van der Waals surface area contributed by atoms with Gasteiger partial charge in [0, 0.05) is 15.9 Å². The van der Waals surface area contributed by atoms with E-state index in [0.29, 0.717) is 0 Å². The van der Waals surface area contributed by atoms with Gasteiger partial charge in [0.25, 0.3) is 0 Å². The second kappa shape index (κ2) is 11.5. The number of hydrogen-bond acceptors (Lipinski definition) is 1. The molecule has 1 atom stereocenters. The maximum absolute atomic E-state index is 16.2. The first-order valence-electron chi connectivity index (χ1n) is 16.4. The van der Waals surface area contributed by atoms with Crippen LogP contribution in [0.15, 0.2) is 188 Å². The molecule has 9 aromatic carbocycles. The molecule has 2 heteroatoms. The van der Waals surface area contributed by atoms with Crippen LogP contribution in [0.25, 0.3) is 65.3 Å². The Kier molecular flexibility index (Phi) is 6.82. The normalized spacial score (nSPS) is 12.8. The van der Waals surface area contributed by atoms with Crippen molar-refractivity contribution < 1.29 is 4.57 Å². The molecule has 0 spiro atoms. The zero-order valence-corrected chi connectivity index (χ0v) is 27.1. The summed E-state index contributed by atoms with van der Waals surface area (Å²) in [5.74, 6) is 0. The van der Waals surface area contributed by atoms with E-state index >= 15 is 4.57 Å². The number of hydrogen-bond donors (Lipinski definition) is 0. The summed E-state index contributed by atoms with van der Waals surface area (Å²) >= 11 is 0. The summed E-state index contributed by atoms with van der Waals surface area (Å²) in [5.41, 5.74) is 4.53. The van der Waals surface area contributed by atoms with Crippen LogP contribution in [-0.4, -0.2) is 0 Å². The van der Waals surface area contributed by atoms with Crippen LogP contribution < -0.4 is 15.9 Å². The van der Waals surface area contributed by atoms with Gasteiger partial charge >= 0.3 is 0 Å². The summed E-state index contributed by atoms with van der Waals surface area (Å²) in [6, 6.07) is 65.6. The molecule has 0 aliphatic heterocycles. The van der Waals surface area contributed by atoms with E-state index in [2.05, 4.69) is 182 Å². The van der Waals surface area contributed by atoms with Crippen LogP contribution in [-0.2, 0) is 4.57 Å². The zero-order valence-electron chi connectivity index (χ0n) is 26.3. The first-order valence-corrected chi connectivity index (χ1v) is 18.1. The van der Waals surface area contributed by atoms with Crippen molar-refractivity contribution in [3.63, 3.8) is 0 Å². The second-order valence-electron chi connectivity index (χ2n) is 12.4. The van der Waals surface area contributed by atoms with Gasteiger partial charge in [-0.2, -0.15) is 0 Å². The third-order valence-electron chi connectivity index (χ3n) is 9.73. The van der Waals surface area contributed by atoms with Gasteiger partial charge in [-0.1, -0.05) is 176 Å². The Morgan fingerprint density at radius 1 is 0.312 bits per heavy atom. The molecule has 0 radical (unpaired) electrons. The molecule has 226 valence electrons. The maximum atomic E-state index is 16.2. The molecular weight excluding hydrogens is 599 g/mol. The Labute approximate surface area is 280 Å². The highest BCUT2D eigenvalue weighted by Crippen LogP contribution is 2.46. The molecule has 0 heterocycles. The molecular formula is C46H31OP. The molecule has 0 aromatic heterocycles. The van der Waals surface area contributed by atoms with E-state index < -0.39 is 7.14 Å². The Morgan fingerprint density at radius 2 is 0.729 bits per heavy atom. The minimum Gasteiger partial charge on any atom is -0.309 e. The molecule has 1 unspecified atom stereocenters. The Morgan fingerprint density at radius 3 is 1.33 bits per heavy atom. The largest absolute Gasteiger partial charge is 0.309 e. The van der Waals surface area contributed by atoms with Gasteiger partial charge in [-0.3, -0.25) is 0 Å². The second-order valence-corrected chi connectivity index (χ2v) is 15.2. The molecule has 0 bridgehead atoms. The molecule has 0 aliphatic rings. The summed E-state index contributed by atoms with van der Waals surface area (Å²) in [5, 5.41) is 11.8. The van der Waals surface area contributed by atoms with Gasteiger partial charge in [0.15, 0.2) is 7.14 Å². The van der Waals surface area contributed by atoms with Crippen LogP contribution >= 0.6 is 7.14 Å². The van der Waals surface area contributed by atoms with Gasteiger partial charge in [0.2, 0.25) is 0 Å². The van der Waals surface area contributed by atoms with Crippen molar-refractivity contribution in [3.05, 3.63) is 188 Å². The quantitative estimate of drug-likeness (QED) is 0.137. The molecule has 0 aliphatic carbocycles. The van der Waals surface area contributed by atoms with Crippen LogP contribution in [0.2, 0.25) is 0 Å². The van der Waals surface area contributed by atoms with E-state index in [-0.39, 0.29) is 0 Å². The first-order chi connectivity index (χ1) is 23.7. The van der Waals surface area contributed by atoms with E-state index in [0.717, 1.165) is 48.8 Å². The molecule has 1 nitrogen and oxygen atoms in total. The fourth-order valence-corrected chi connectivity index (χ4v) is 10.2. The number of benzene rings is 9. The smallest absolute Gasteiger partial charge is 0.171 e. The third-order valence-corrected chi connectivity index (χ3v) is 12.8. The average molecular weight is 631 g/mol. The van der Waals surface area contributed by atoms with Crippen molar-refractivity contribution in [1.82, 2.24) is 0 Å². The van der Waals surface area contributed by atoms with Crippen LogP contribution in [0, 0.1) is 0 Å². The minimum absolute atomic E-state index is 0.823. The molecule has 9 aromatic rings. The van der Waals surface area contributed by atoms with E-state index in [1.165, 1.54) is 32.5 Å². The Bertz CT molecular complexity index is 2670. The molecule has 9 rings (SSSR count). The summed E-state index contributed by atoms with van der Waals surface area (Å²) in [6.45, 7) is 0. The predicted octanol–water partition coefficient (Wildman–Crippen LogP) is 11.3. The van der Waals surface area contributed by atoms with Crippen molar-refractivity contribution in [2.45, 2.75) is 0 Å². The van der Waals surface area contributed by atoms with E-state index in [4.69, 9.17) is 0 Å². The molecule has 48 heavy (non-hydrogen) atoms. The van der Waals surface area contributed by atoms with Crippen LogP contribution in [0.3, 0.4) is 0 Å². The van der Waals surface area contributed by atoms with Gasteiger partial charge < -0.3 is 4.57 Å². The lowest BCUT2D eigenvalue weighted by Gasteiger charge is -2.23. The number of fused-ring (bicyclic) bond motifs is 6. The van der Waals surface area contributed by atoms with Crippen molar-refractivity contribution >= 4 is 66.1 Å². The summed E-state index contributed by atoms with van der Waals surface area (Å²) in [6.07, 6.45) is 0. The topological polar surface area (TPSA) is 17.1 Å². The van der Waals surface area contributed by atoms with Crippen molar-refractivity contribution in [1.29, 1.82) is 0 Å². The van der Waals surface area contributed by atoms with Crippen LogP contribution in [0.1, 0.15) is 0 Å². The van der Waals surface area contributed by atoms with Gasteiger partial charge in [0.1, 0.15) is 0 Å². The average Bonchev–Trinajstić information content (AvgIpc) is 3.17. The number of rotatable bonds is 5. The molecule has 0 fully saturated rings. The molecule has 0 N–H and O–H groups in total. The van der Waals surface area contributed by atoms with E-state index in [1.807, 2.05) is 6.07 Å². The summed E-state index contributed by atoms with van der Waals surface area (Å²) in [7, 11) is -3.34.